The molecule has 2 nitrogen and oxygen atoms in total. The number of rotatable bonds is 2. The molecule has 3 rings (SSSR count). The summed E-state index contributed by atoms with van der Waals surface area (Å²) in [7, 11) is 0. The maximum absolute atomic E-state index is 12.1. The van der Waals surface area contributed by atoms with E-state index >= 15 is 0 Å². The van der Waals surface area contributed by atoms with E-state index in [1.807, 2.05) is 0 Å². The van der Waals surface area contributed by atoms with Gasteiger partial charge in [-0.25, -0.2) is 0 Å². The Labute approximate surface area is 91.4 Å². The van der Waals surface area contributed by atoms with Gasteiger partial charge in [0.1, 0.15) is 5.78 Å². The maximum atomic E-state index is 12.1. The topological polar surface area (TPSA) is 26.3 Å². The summed E-state index contributed by atoms with van der Waals surface area (Å²) in [6.07, 6.45) is 6.82. The van der Waals surface area contributed by atoms with Gasteiger partial charge in [0.2, 0.25) is 0 Å². The third-order valence-electron chi connectivity index (χ3n) is 4.64. The van der Waals surface area contributed by atoms with E-state index in [9.17, 15) is 4.79 Å². The number of ether oxygens (including phenoxy) is 1. The standard InChI is InChI=1S/C13H20O2/c1-9-7-11(9)12(14)10-3-6-15-13(8-10)4-2-5-13/h9-11H,2-8H2,1H3. The molecule has 15 heavy (non-hydrogen) atoms. The van der Waals surface area contributed by atoms with Crippen LogP contribution in [0.5, 0.6) is 0 Å². The largest absolute Gasteiger partial charge is 0.375 e. The van der Waals surface area contributed by atoms with Gasteiger partial charge >= 0.3 is 0 Å². The van der Waals surface area contributed by atoms with E-state index in [2.05, 4.69) is 6.92 Å². The Kier molecular flexibility index (Phi) is 2.17. The van der Waals surface area contributed by atoms with E-state index in [0.29, 0.717) is 23.5 Å². The van der Waals surface area contributed by atoms with Gasteiger partial charge in [-0.3, -0.25) is 4.79 Å². The number of carbonyl (C=O) groups excluding carboxylic acids is 1. The molecule has 1 aliphatic heterocycles. The highest BCUT2D eigenvalue weighted by atomic mass is 16.5. The zero-order valence-electron chi connectivity index (χ0n) is 9.50. The second-order valence-corrected chi connectivity index (χ2v) is 5.80. The Hall–Kier alpha value is -0.370. The van der Waals surface area contributed by atoms with Crippen LogP contribution >= 0.6 is 0 Å². The van der Waals surface area contributed by atoms with E-state index < -0.39 is 0 Å². The lowest BCUT2D eigenvalue weighted by molar-refractivity contribution is -0.156. The molecule has 2 saturated carbocycles. The highest BCUT2D eigenvalue weighted by Crippen LogP contribution is 2.48. The molecular formula is C13H20O2. The molecule has 3 atom stereocenters. The summed E-state index contributed by atoms with van der Waals surface area (Å²) in [5.41, 5.74) is 0.136. The van der Waals surface area contributed by atoms with Gasteiger partial charge in [0.25, 0.3) is 0 Å². The molecule has 0 aromatic heterocycles. The molecule has 2 aliphatic carbocycles. The number of carbonyl (C=O) groups is 1. The quantitative estimate of drug-likeness (QED) is 0.697. The predicted molar refractivity (Wildman–Crippen MR) is 57.5 cm³/mol. The van der Waals surface area contributed by atoms with Gasteiger partial charge in [-0.1, -0.05) is 6.92 Å². The van der Waals surface area contributed by atoms with Gasteiger partial charge in [-0.05, 0) is 44.4 Å². The molecule has 1 heterocycles. The number of Topliss-reactive ketones (excluding diaryl/α,β-unsaturated/α-hetero) is 1. The van der Waals surface area contributed by atoms with Crippen LogP contribution in [-0.4, -0.2) is 18.0 Å². The Balaban J connectivity index is 1.63. The van der Waals surface area contributed by atoms with E-state index in [-0.39, 0.29) is 5.60 Å². The minimum Gasteiger partial charge on any atom is -0.375 e. The molecular weight excluding hydrogens is 188 g/mol. The van der Waals surface area contributed by atoms with Crippen molar-refractivity contribution in [3.05, 3.63) is 0 Å². The van der Waals surface area contributed by atoms with E-state index in [1.165, 1.54) is 19.3 Å². The first-order valence-electron chi connectivity index (χ1n) is 6.38. The van der Waals surface area contributed by atoms with Crippen LogP contribution in [0.2, 0.25) is 0 Å². The summed E-state index contributed by atoms with van der Waals surface area (Å²) < 4.78 is 5.86. The second-order valence-electron chi connectivity index (χ2n) is 5.80. The molecule has 1 spiro atoms. The molecule has 3 unspecified atom stereocenters. The smallest absolute Gasteiger partial charge is 0.139 e. The third kappa shape index (κ3) is 1.63. The SMILES string of the molecule is CC1CC1C(=O)C1CCOC2(CCC2)C1. The Morgan fingerprint density at radius 2 is 2.13 bits per heavy atom. The van der Waals surface area contributed by atoms with Crippen molar-refractivity contribution in [1.29, 1.82) is 0 Å². The fourth-order valence-electron chi connectivity index (χ4n) is 3.21. The van der Waals surface area contributed by atoms with E-state index in [0.717, 1.165) is 25.9 Å². The average Bonchev–Trinajstić information content (AvgIpc) is 2.92. The number of hydrogen-bond donors (Lipinski definition) is 0. The molecule has 0 aromatic rings. The summed E-state index contributed by atoms with van der Waals surface area (Å²) in [4.78, 5) is 12.1. The summed E-state index contributed by atoms with van der Waals surface area (Å²) in [5, 5.41) is 0. The molecule has 0 aromatic carbocycles. The number of ketones is 1. The third-order valence-corrected chi connectivity index (χ3v) is 4.64. The molecule has 84 valence electrons. The molecule has 3 aliphatic rings. The molecule has 0 N–H and O–H groups in total. The second kappa shape index (κ2) is 3.31. The normalized spacial score (nSPS) is 42.3. The lowest BCUT2D eigenvalue weighted by atomic mass is 9.70. The lowest BCUT2D eigenvalue weighted by Crippen LogP contribution is -2.47. The maximum Gasteiger partial charge on any atom is 0.139 e. The van der Waals surface area contributed by atoms with Crippen LogP contribution in [0.25, 0.3) is 0 Å². The van der Waals surface area contributed by atoms with E-state index in [4.69, 9.17) is 4.74 Å². The van der Waals surface area contributed by atoms with Crippen LogP contribution in [-0.2, 0) is 9.53 Å². The van der Waals surface area contributed by atoms with Gasteiger partial charge in [0, 0.05) is 18.4 Å². The van der Waals surface area contributed by atoms with Crippen LogP contribution in [0, 0.1) is 17.8 Å². The highest BCUT2D eigenvalue weighted by molar-refractivity contribution is 5.86. The minimum atomic E-state index is 0.136. The monoisotopic (exact) mass is 208 g/mol. The fourth-order valence-corrected chi connectivity index (χ4v) is 3.21. The first kappa shape index (κ1) is 9.83. The first-order chi connectivity index (χ1) is 7.20. The van der Waals surface area contributed by atoms with Crippen molar-refractivity contribution in [3.8, 4) is 0 Å². The highest BCUT2D eigenvalue weighted by Gasteiger charge is 2.48. The fraction of sp³-hybridized carbons (Fsp3) is 0.923. The Morgan fingerprint density at radius 3 is 2.67 bits per heavy atom. The minimum absolute atomic E-state index is 0.136. The van der Waals surface area contributed by atoms with Crippen LogP contribution in [0.1, 0.15) is 45.4 Å². The molecule has 0 bridgehead atoms. The van der Waals surface area contributed by atoms with Crippen molar-refractivity contribution in [3.63, 3.8) is 0 Å². The Morgan fingerprint density at radius 1 is 1.40 bits per heavy atom. The van der Waals surface area contributed by atoms with Crippen molar-refractivity contribution in [1.82, 2.24) is 0 Å². The van der Waals surface area contributed by atoms with Crippen molar-refractivity contribution >= 4 is 5.78 Å². The van der Waals surface area contributed by atoms with Crippen LogP contribution in [0.3, 0.4) is 0 Å². The summed E-state index contributed by atoms with van der Waals surface area (Å²) in [5.74, 6) is 1.95. The zero-order chi connectivity index (χ0) is 10.5. The van der Waals surface area contributed by atoms with Gasteiger partial charge in [-0.15, -0.1) is 0 Å². The first-order valence-corrected chi connectivity index (χ1v) is 6.38. The van der Waals surface area contributed by atoms with Gasteiger partial charge in [0.05, 0.1) is 5.60 Å². The van der Waals surface area contributed by atoms with Crippen molar-refractivity contribution in [2.75, 3.05) is 6.61 Å². The molecule has 0 amide bonds. The zero-order valence-corrected chi connectivity index (χ0v) is 9.50. The lowest BCUT2D eigenvalue weighted by Gasteiger charge is -2.47. The van der Waals surface area contributed by atoms with Crippen molar-refractivity contribution in [2.45, 2.75) is 51.0 Å². The van der Waals surface area contributed by atoms with Gasteiger partial charge in [-0.2, -0.15) is 0 Å². The van der Waals surface area contributed by atoms with E-state index in [1.54, 1.807) is 0 Å². The molecule has 1 saturated heterocycles. The summed E-state index contributed by atoms with van der Waals surface area (Å²) >= 11 is 0. The van der Waals surface area contributed by atoms with Gasteiger partial charge in [0.15, 0.2) is 0 Å². The van der Waals surface area contributed by atoms with Crippen LogP contribution in [0.4, 0.5) is 0 Å². The molecule has 2 heteroatoms. The number of hydrogen-bond acceptors (Lipinski definition) is 2. The average molecular weight is 208 g/mol. The van der Waals surface area contributed by atoms with Crippen LogP contribution in [0.15, 0.2) is 0 Å². The predicted octanol–water partition coefficient (Wildman–Crippen LogP) is 2.56. The summed E-state index contributed by atoms with van der Waals surface area (Å²) in [6.45, 7) is 3.01. The van der Waals surface area contributed by atoms with Gasteiger partial charge < -0.3 is 4.74 Å². The van der Waals surface area contributed by atoms with Crippen molar-refractivity contribution in [2.24, 2.45) is 17.8 Å². The molecule has 0 radical (unpaired) electrons. The Bertz CT molecular complexity index is 280. The molecule has 3 fully saturated rings. The van der Waals surface area contributed by atoms with Crippen molar-refractivity contribution < 1.29 is 9.53 Å². The van der Waals surface area contributed by atoms with Crippen LogP contribution < -0.4 is 0 Å². The summed E-state index contributed by atoms with van der Waals surface area (Å²) in [6, 6.07) is 0.